The van der Waals surface area contributed by atoms with Gasteiger partial charge in [0.1, 0.15) is 24.1 Å². The number of fused-ring (bicyclic) bond motifs is 1. The van der Waals surface area contributed by atoms with Crippen molar-refractivity contribution >= 4 is 28.8 Å². The van der Waals surface area contributed by atoms with Gasteiger partial charge in [0.15, 0.2) is 11.9 Å². The molecular formula is C33H42O10SSi. The third kappa shape index (κ3) is 6.49. The Morgan fingerprint density at radius 1 is 0.844 bits per heavy atom. The number of hydrogen-bond acceptors (Lipinski definition) is 9. The highest BCUT2D eigenvalue weighted by molar-refractivity contribution is 7.86. The van der Waals surface area contributed by atoms with Crippen LogP contribution in [0.25, 0.3) is 0 Å². The first-order chi connectivity index (χ1) is 21.1. The molecule has 0 spiro atoms. The molecule has 2 heterocycles. The molecule has 3 aromatic carbocycles. The fourth-order valence-electron chi connectivity index (χ4n) is 6.31. The van der Waals surface area contributed by atoms with Crippen LogP contribution in [0.5, 0.6) is 5.75 Å². The highest BCUT2D eigenvalue weighted by Gasteiger charge is 2.67. The van der Waals surface area contributed by atoms with Crippen LogP contribution >= 0.6 is 0 Å². The van der Waals surface area contributed by atoms with Gasteiger partial charge in [-0.15, -0.1) is 0 Å². The highest BCUT2D eigenvalue weighted by atomic mass is 32.2. The average Bonchev–Trinajstić information content (AvgIpc) is 3.32. The first-order valence-electron chi connectivity index (χ1n) is 14.8. The van der Waals surface area contributed by atoms with Crippen molar-refractivity contribution in [3.63, 3.8) is 0 Å². The van der Waals surface area contributed by atoms with Crippen LogP contribution in [-0.4, -0.2) is 75.4 Å². The third-order valence-corrected chi connectivity index (χ3v) is 14.4. The van der Waals surface area contributed by atoms with Crippen molar-refractivity contribution in [1.29, 1.82) is 0 Å². The topological polar surface area (TPSA) is 130 Å². The maximum absolute atomic E-state index is 12.9. The second-order valence-corrected chi connectivity index (χ2v) is 18.7. The van der Waals surface area contributed by atoms with Gasteiger partial charge in [-0.1, -0.05) is 93.6 Å². The minimum Gasteiger partial charge on any atom is -0.497 e. The van der Waals surface area contributed by atoms with E-state index >= 15 is 0 Å². The summed E-state index contributed by atoms with van der Waals surface area (Å²) in [6, 6.07) is 26.8. The fraction of sp³-hybridized carbons (Fsp3) is 0.455. The summed E-state index contributed by atoms with van der Waals surface area (Å²) in [4.78, 5) is 0. The van der Waals surface area contributed by atoms with Gasteiger partial charge in [-0.25, -0.2) is 0 Å². The molecule has 5 rings (SSSR count). The number of rotatable bonds is 10. The molecule has 2 fully saturated rings. The zero-order valence-electron chi connectivity index (χ0n) is 26.4. The lowest BCUT2D eigenvalue weighted by molar-refractivity contribution is -0.303. The molecule has 3 aromatic rings. The standard InChI is InChI=1S/C33H42O10SSi/c1-31(2,3)45(25-13-9-7-10-14-25,26-15-11-8-12-16-26)40-22-27-28-29(43-32(4,5)42-28)30(33(34,41-27)44(35,36)37)39-21-23-17-19-24(38-6)20-18-23/h7-20,27-30,34H,21-22H2,1-6H3,(H,35,36,37)/t27-,28+,29+,30-,33+/m1/s1. The Morgan fingerprint density at radius 2 is 1.38 bits per heavy atom. The van der Waals surface area contributed by atoms with Gasteiger partial charge in [0.05, 0.1) is 20.3 Å². The monoisotopic (exact) mass is 658 g/mol. The lowest BCUT2D eigenvalue weighted by atomic mass is 9.99. The molecule has 0 unspecified atom stereocenters. The predicted molar refractivity (Wildman–Crippen MR) is 170 cm³/mol. The van der Waals surface area contributed by atoms with Crippen LogP contribution in [0.1, 0.15) is 40.2 Å². The van der Waals surface area contributed by atoms with Crippen LogP contribution in [0.3, 0.4) is 0 Å². The Balaban J connectivity index is 1.52. The summed E-state index contributed by atoms with van der Waals surface area (Å²) < 4.78 is 72.7. The minimum atomic E-state index is -5.28. The molecular weight excluding hydrogens is 617 g/mol. The van der Waals surface area contributed by atoms with Gasteiger partial charge in [0.25, 0.3) is 8.32 Å². The zero-order valence-corrected chi connectivity index (χ0v) is 28.2. The zero-order chi connectivity index (χ0) is 32.7. The molecule has 0 aromatic heterocycles. The van der Waals surface area contributed by atoms with Crippen LogP contribution in [0.2, 0.25) is 5.04 Å². The molecule has 244 valence electrons. The van der Waals surface area contributed by atoms with Crippen molar-refractivity contribution in [2.24, 2.45) is 0 Å². The summed E-state index contributed by atoms with van der Waals surface area (Å²) in [6.45, 7) is 9.40. The molecule has 2 N–H and O–H groups in total. The van der Waals surface area contributed by atoms with Crippen molar-refractivity contribution in [3.8, 4) is 5.75 Å². The van der Waals surface area contributed by atoms with Gasteiger partial charge >= 0.3 is 15.2 Å². The van der Waals surface area contributed by atoms with E-state index in [1.807, 2.05) is 60.7 Å². The summed E-state index contributed by atoms with van der Waals surface area (Å²) in [6.07, 6.45) is -4.86. The minimum absolute atomic E-state index is 0.119. The van der Waals surface area contributed by atoms with Crippen LogP contribution in [-0.2, 0) is 40.1 Å². The Hall–Kier alpha value is -2.65. The molecule has 5 atom stereocenters. The largest absolute Gasteiger partial charge is 0.497 e. The SMILES string of the molecule is COc1ccc(CO[C@@H]2[C@H]3OC(C)(C)O[C@H]3[C@@H](CO[Si](c3ccccc3)(c3ccccc3)C(C)(C)C)O[C@]2(O)S(=O)(=O)O)cc1. The van der Waals surface area contributed by atoms with E-state index in [0.717, 1.165) is 10.4 Å². The molecule has 0 amide bonds. The van der Waals surface area contributed by atoms with E-state index in [1.165, 1.54) is 0 Å². The molecule has 45 heavy (non-hydrogen) atoms. The van der Waals surface area contributed by atoms with E-state index < -0.39 is 53.8 Å². The number of hydrogen-bond donors (Lipinski definition) is 2. The number of methoxy groups -OCH3 is 1. The summed E-state index contributed by atoms with van der Waals surface area (Å²) in [5, 5.41) is 10.1. The van der Waals surface area contributed by atoms with Gasteiger partial charge in [0.2, 0.25) is 0 Å². The smallest absolute Gasteiger partial charge is 0.327 e. The summed E-state index contributed by atoms with van der Waals surface area (Å²) >= 11 is 0. The molecule has 2 aliphatic heterocycles. The van der Waals surface area contributed by atoms with Crippen LogP contribution in [0, 0.1) is 0 Å². The molecule has 0 bridgehead atoms. The Bertz CT molecular complexity index is 1500. The van der Waals surface area contributed by atoms with Crippen LogP contribution in [0.4, 0.5) is 0 Å². The van der Waals surface area contributed by atoms with E-state index in [-0.39, 0.29) is 18.3 Å². The summed E-state index contributed by atoms with van der Waals surface area (Å²) in [7, 11) is -6.83. The van der Waals surface area contributed by atoms with Gasteiger partial charge in [-0.3, -0.25) is 4.55 Å². The molecule has 0 saturated carbocycles. The lowest BCUT2D eigenvalue weighted by Crippen LogP contribution is -2.70. The maximum atomic E-state index is 12.9. The molecule has 10 nitrogen and oxygen atoms in total. The average molecular weight is 659 g/mol. The van der Waals surface area contributed by atoms with E-state index in [9.17, 15) is 18.1 Å². The van der Waals surface area contributed by atoms with Gasteiger partial charge in [0, 0.05) is 0 Å². The molecule has 2 saturated heterocycles. The summed E-state index contributed by atoms with van der Waals surface area (Å²) in [5.41, 5.74) is 0.667. The first kappa shape index (κ1) is 33.7. The van der Waals surface area contributed by atoms with Crippen molar-refractivity contribution < 1.29 is 46.2 Å². The third-order valence-electron chi connectivity index (χ3n) is 8.35. The molecule has 0 aliphatic carbocycles. The number of aliphatic hydroxyl groups is 1. The van der Waals surface area contributed by atoms with Crippen LogP contribution < -0.4 is 15.1 Å². The Labute approximate surface area is 266 Å². The van der Waals surface area contributed by atoms with E-state index in [2.05, 4.69) is 20.8 Å². The fourth-order valence-corrected chi connectivity index (χ4v) is 11.6. The van der Waals surface area contributed by atoms with Gasteiger partial charge < -0.3 is 33.2 Å². The lowest BCUT2D eigenvalue weighted by Gasteiger charge is -2.47. The first-order valence-corrected chi connectivity index (χ1v) is 18.2. The van der Waals surface area contributed by atoms with E-state index in [1.54, 1.807) is 45.2 Å². The van der Waals surface area contributed by atoms with Crippen molar-refractivity contribution in [2.75, 3.05) is 13.7 Å². The summed E-state index contributed by atoms with van der Waals surface area (Å²) in [5.74, 6) is -0.548. The van der Waals surface area contributed by atoms with Crippen molar-refractivity contribution in [2.45, 2.75) is 81.6 Å². The maximum Gasteiger partial charge on any atom is 0.327 e. The number of ether oxygens (including phenoxy) is 5. The quantitative estimate of drug-likeness (QED) is 0.246. The van der Waals surface area contributed by atoms with E-state index in [0.29, 0.717) is 11.3 Å². The number of benzene rings is 3. The second-order valence-electron chi connectivity index (χ2n) is 12.9. The molecule has 12 heteroatoms. The van der Waals surface area contributed by atoms with Crippen molar-refractivity contribution in [3.05, 3.63) is 90.5 Å². The predicted octanol–water partition coefficient (Wildman–Crippen LogP) is 3.61. The Morgan fingerprint density at radius 3 is 1.87 bits per heavy atom. The van der Waals surface area contributed by atoms with Crippen LogP contribution in [0.15, 0.2) is 84.9 Å². The second kappa shape index (κ2) is 12.5. The van der Waals surface area contributed by atoms with Crippen molar-refractivity contribution in [1.82, 2.24) is 0 Å². The van der Waals surface area contributed by atoms with Gasteiger partial charge in [-0.2, -0.15) is 8.42 Å². The highest BCUT2D eigenvalue weighted by Crippen LogP contribution is 2.45. The molecule has 2 aliphatic rings. The van der Waals surface area contributed by atoms with Gasteiger partial charge in [-0.05, 0) is 47.0 Å². The normalized spacial score (nSPS) is 26.8. The van der Waals surface area contributed by atoms with E-state index in [4.69, 9.17) is 28.1 Å². The Kier molecular flexibility index (Phi) is 9.37. The molecule has 0 radical (unpaired) electrons.